The highest BCUT2D eigenvalue weighted by molar-refractivity contribution is 7.80. The number of nitrogens with zero attached hydrogens (tertiary/aromatic N) is 1. The number of fused-ring (bicyclic) bond motifs is 3. The maximum atomic E-state index is 12.3. The van der Waals surface area contributed by atoms with Gasteiger partial charge in [-0.05, 0) is 54.0 Å². The van der Waals surface area contributed by atoms with Crippen LogP contribution in [-0.2, 0) is 0 Å². The first-order chi connectivity index (χ1) is 15.2. The van der Waals surface area contributed by atoms with E-state index in [9.17, 15) is 4.79 Å². The summed E-state index contributed by atoms with van der Waals surface area (Å²) in [6.07, 6.45) is 0. The van der Waals surface area contributed by atoms with Gasteiger partial charge in [0.25, 0.3) is 5.91 Å². The lowest BCUT2D eigenvalue weighted by Gasteiger charge is -2.10. The Morgan fingerprint density at radius 1 is 0.871 bits per heavy atom. The van der Waals surface area contributed by atoms with E-state index < -0.39 is 0 Å². The van der Waals surface area contributed by atoms with E-state index in [4.69, 9.17) is 21.6 Å². The Bertz CT molecular complexity index is 1430. The first kappa shape index (κ1) is 19.0. The minimum atomic E-state index is -0.264. The van der Waals surface area contributed by atoms with E-state index in [2.05, 4.69) is 16.7 Å². The number of rotatable bonds is 3. The zero-order valence-electron chi connectivity index (χ0n) is 16.3. The molecule has 150 valence electrons. The summed E-state index contributed by atoms with van der Waals surface area (Å²) in [4.78, 5) is 17.0. The Labute approximate surface area is 183 Å². The molecule has 6 heteroatoms. The van der Waals surface area contributed by atoms with Gasteiger partial charge < -0.3 is 9.73 Å². The number of carbonyl (C=O) groups is 1. The van der Waals surface area contributed by atoms with Crippen LogP contribution in [0, 0.1) is 0 Å². The molecule has 5 aromatic rings. The highest BCUT2D eigenvalue weighted by Crippen LogP contribution is 2.30. The highest BCUT2D eigenvalue weighted by atomic mass is 32.1. The molecule has 0 aliphatic carbocycles. The van der Waals surface area contributed by atoms with Crippen molar-refractivity contribution in [2.75, 3.05) is 5.32 Å². The van der Waals surface area contributed by atoms with E-state index in [1.165, 1.54) is 0 Å². The summed E-state index contributed by atoms with van der Waals surface area (Å²) >= 11 is 5.30. The number of amides is 1. The first-order valence-electron chi connectivity index (χ1n) is 9.73. The Morgan fingerprint density at radius 2 is 1.68 bits per heavy atom. The van der Waals surface area contributed by atoms with Crippen LogP contribution in [0.2, 0.25) is 0 Å². The topological polar surface area (TPSA) is 67.2 Å². The number of anilines is 1. The number of carbonyl (C=O) groups excluding carboxylic acids is 1. The Hall–Kier alpha value is -4.03. The van der Waals surface area contributed by atoms with Gasteiger partial charge in [0.1, 0.15) is 5.52 Å². The summed E-state index contributed by atoms with van der Waals surface area (Å²) in [5.41, 5.74) is 3.64. The third-order valence-corrected chi connectivity index (χ3v) is 5.12. The molecule has 4 aromatic carbocycles. The predicted octanol–water partition coefficient (Wildman–Crippen LogP) is 5.77. The van der Waals surface area contributed by atoms with Crippen molar-refractivity contribution >= 4 is 50.8 Å². The number of hydrogen-bond donors (Lipinski definition) is 2. The fourth-order valence-corrected chi connectivity index (χ4v) is 3.65. The Kier molecular flexibility index (Phi) is 4.90. The van der Waals surface area contributed by atoms with Crippen molar-refractivity contribution in [2.24, 2.45) is 0 Å². The van der Waals surface area contributed by atoms with Gasteiger partial charge in [0.2, 0.25) is 5.89 Å². The first-order valence-corrected chi connectivity index (χ1v) is 10.1. The molecule has 5 nitrogen and oxygen atoms in total. The van der Waals surface area contributed by atoms with Crippen molar-refractivity contribution in [2.45, 2.75) is 0 Å². The minimum absolute atomic E-state index is 0.217. The summed E-state index contributed by atoms with van der Waals surface area (Å²) in [6, 6.07) is 28.5. The normalized spacial score (nSPS) is 10.8. The van der Waals surface area contributed by atoms with E-state index in [-0.39, 0.29) is 11.0 Å². The standard InChI is InChI=1S/C25H17N3O2S/c29-23(17-8-2-1-3-9-17)28-25(31)26-19-11-6-10-18(15-19)24-27-22-20-12-5-4-7-16(20)13-14-21(22)30-24/h1-15H,(H2,26,28,29,31). The summed E-state index contributed by atoms with van der Waals surface area (Å²) in [6.45, 7) is 0. The molecule has 0 unspecified atom stereocenters. The molecule has 0 radical (unpaired) electrons. The van der Waals surface area contributed by atoms with Gasteiger partial charge >= 0.3 is 0 Å². The maximum Gasteiger partial charge on any atom is 0.257 e. The molecule has 0 bridgehead atoms. The third kappa shape index (κ3) is 3.89. The molecule has 0 saturated heterocycles. The molecule has 2 N–H and O–H groups in total. The number of thiocarbonyl (C=S) groups is 1. The molecule has 0 saturated carbocycles. The number of benzene rings is 4. The van der Waals surface area contributed by atoms with E-state index in [1.54, 1.807) is 24.3 Å². The lowest BCUT2D eigenvalue weighted by Crippen LogP contribution is -2.34. The van der Waals surface area contributed by atoms with Gasteiger partial charge in [-0.2, -0.15) is 0 Å². The SMILES string of the molecule is O=C(NC(=S)Nc1cccc(-c2nc3c(ccc4ccccc43)o2)c1)c1ccccc1. The molecule has 5 rings (SSSR count). The lowest BCUT2D eigenvalue weighted by atomic mass is 10.1. The van der Waals surface area contributed by atoms with Gasteiger partial charge in [0.05, 0.1) is 0 Å². The fourth-order valence-electron chi connectivity index (χ4n) is 3.44. The number of oxazole rings is 1. The van der Waals surface area contributed by atoms with Crippen LogP contribution >= 0.6 is 12.2 Å². The summed E-state index contributed by atoms with van der Waals surface area (Å²) in [7, 11) is 0. The van der Waals surface area contributed by atoms with E-state index in [1.807, 2.05) is 60.7 Å². The van der Waals surface area contributed by atoms with Crippen LogP contribution in [0.5, 0.6) is 0 Å². The van der Waals surface area contributed by atoms with Crippen LogP contribution in [0.4, 0.5) is 5.69 Å². The second-order valence-electron chi connectivity index (χ2n) is 7.01. The second kappa shape index (κ2) is 8.01. The zero-order chi connectivity index (χ0) is 21.2. The molecule has 0 spiro atoms. The molecule has 1 aromatic heterocycles. The van der Waals surface area contributed by atoms with Crippen molar-refractivity contribution in [1.82, 2.24) is 10.3 Å². The van der Waals surface area contributed by atoms with Gasteiger partial charge in [-0.1, -0.05) is 54.6 Å². The highest BCUT2D eigenvalue weighted by Gasteiger charge is 2.12. The molecular formula is C25H17N3O2S. The minimum Gasteiger partial charge on any atom is -0.436 e. The monoisotopic (exact) mass is 423 g/mol. The van der Waals surface area contributed by atoms with Crippen LogP contribution in [0.25, 0.3) is 33.3 Å². The molecule has 1 amide bonds. The molecule has 31 heavy (non-hydrogen) atoms. The van der Waals surface area contributed by atoms with Crippen LogP contribution in [-0.4, -0.2) is 16.0 Å². The van der Waals surface area contributed by atoms with Gasteiger partial charge in [-0.3, -0.25) is 10.1 Å². The molecule has 0 aliphatic heterocycles. The molecule has 0 atom stereocenters. The van der Waals surface area contributed by atoms with Crippen molar-refractivity contribution in [3.05, 3.63) is 96.6 Å². The summed E-state index contributed by atoms with van der Waals surface area (Å²) in [5, 5.41) is 8.12. The Morgan fingerprint density at radius 3 is 2.55 bits per heavy atom. The largest absolute Gasteiger partial charge is 0.436 e. The average molecular weight is 423 g/mol. The van der Waals surface area contributed by atoms with Crippen molar-refractivity contribution < 1.29 is 9.21 Å². The van der Waals surface area contributed by atoms with E-state index >= 15 is 0 Å². The van der Waals surface area contributed by atoms with Crippen LogP contribution in [0.15, 0.2) is 95.4 Å². The lowest BCUT2D eigenvalue weighted by molar-refractivity contribution is 0.0977. The molecular weight excluding hydrogens is 406 g/mol. The number of hydrogen-bond acceptors (Lipinski definition) is 4. The predicted molar refractivity (Wildman–Crippen MR) is 127 cm³/mol. The fraction of sp³-hybridized carbons (Fsp3) is 0. The quantitative estimate of drug-likeness (QED) is 0.360. The van der Waals surface area contributed by atoms with Gasteiger partial charge in [0.15, 0.2) is 10.7 Å². The van der Waals surface area contributed by atoms with Crippen molar-refractivity contribution in [3.8, 4) is 11.5 Å². The van der Waals surface area contributed by atoms with Gasteiger partial charge in [-0.15, -0.1) is 0 Å². The maximum absolute atomic E-state index is 12.3. The van der Waals surface area contributed by atoms with Crippen molar-refractivity contribution in [3.63, 3.8) is 0 Å². The zero-order valence-corrected chi connectivity index (χ0v) is 17.1. The van der Waals surface area contributed by atoms with Gasteiger partial charge in [-0.25, -0.2) is 4.98 Å². The van der Waals surface area contributed by atoms with Crippen LogP contribution in [0.1, 0.15) is 10.4 Å². The van der Waals surface area contributed by atoms with Crippen molar-refractivity contribution in [1.29, 1.82) is 0 Å². The summed E-state index contributed by atoms with van der Waals surface area (Å²) in [5.74, 6) is 0.259. The third-order valence-electron chi connectivity index (χ3n) is 4.91. The Balaban J connectivity index is 1.38. The van der Waals surface area contributed by atoms with Crippen LogP contribution < -0.4 is 10.6 Å². The molecule has 0 aliphatic rings. The van der Waals surface area contributed by atoms with Gasteiger partial charge in [0, 0.05) is 22.2 Å². The number of nitrogens with one attached hydrogen (secondary N) is 2. The molecule has 1 heterocycles. The van der Waals surface area contributed by atoms with E-state index in [0.29, 0.717) is 11.5 Å². The second-order valence-corrected chi connectivity index (χ2v) is 7.42. The molecule has 0 fully saturated rings. The van der Waals surface area contributed by atoms with Crippen LogP contribution in [0.3, 0.4) is 0 Å². The summed E-state index contributed by atoms with van der Waals surface area (Å²) < 4.78 is 6.00. The smallest absolute Gasteiger partial charge is 0.257 e. The average Bonchev–Trinajstić information content (AvgIpc) is 3.25. The number of aromatic nitrogens is 1. The van der Waals surface area contributed by atoms with E-state index in [0.717, 1.165) is 33.1 Å².